The van der Waals surface area contributed by atoms with Crippen LogP contribution >= 0.6 is 0 Å². The lowest BCUT2D eigenvalue weighted by Gasteiger charge is -2.33. The molecule has 4 atom stereocenters. The molecule has 0 aromatic heterocycles. The number of aliphatic hydroxyl groups is 1. The summed E-state index contributed by atoms with van der Waals surface area (Å²) >= 11 is 0. The Labute approximate surface area is 320 Å². The molecule has 284 valence electrons. The monoisotopic (exact) mass is 743 g/mol. The fraction of sp³-hybridized carbons (Fsp3) is 0.273. The highest BCUT2D eigenvalue weighted by molar-refractivity contribution is 5.98. The Kier molecular flexibility index (Phi) is 12.4. The molecule has 55 heavy (non-hydrogen) atoms. The number of carbonyl (C=O) groups excluding carboxylic acids is 4. The predicted octanol–water partition coefficient (Wildman–Crippen LogP) is 4.51. The molecule has 1 saturated heterocycles. The van der Waals surface area contributed by atoms with Crippen LogP contribution in [0.4, 0.5) is 0 Å². The van der Waals surface area contributed by atoms with Crippen LogP contribution < -0.4 is 5.32 Å². The number of benzene rings is 4. The Balaban J connectivity index is 1.37. The molecule has 1 aliphatic carbocycles. The number of fused-ring (bicyclic) bond motifs is 1. The third-order valence-corrected chi connectivity index (χ3v) is 9.72. The Bertz CT molecular complexity index is 1990. The minimum atomic E-state index is -1.41. The van der Waals surface area contributed by atoms with Gasteiger partial charge in [-0.25, -0.2) is 4.79 Å². The third kappa shape index (κ3) is 8.76. The number of hydrogen-bond donors (Lipinski definition) is 2. The summed E-state index contributed by atoms with van der Waals surface area (Å²) in [6, 6.07) is 34.1. The molecule has 0 saturated carbocycles. The van der Waals surface area contributed by atoms with E-state index in [2.05, 4.69) is 5.32 Å². The third-order valence-electron chi connectivity index (χ3n) is 9.72. The van der Waals surface area contributed by atoms with Crippen LogP contribution in [0.3, 0.4) is 0 Å². The number of amides is 3. The molecule has 0 spiro atoms. The Morgan fingerprint density at radius 1 is 0.855 bits per heavy atom. The van der Waals surface area contributed by atoms with Crippen LogP contribution in [0.25, 0.3) is 6.08 Å². The summed E-state index contributed by atoms with van der Waals surface area (Å²) in [6.45, 7) is -0.224. The van der Waals surface area contributed by atoms with E-state index in [9.17, 15) is 24.3 Å². The average Bonchev–Trinajstić information content (AvgIpc) is 3.63. The van der Waals surface area contributed by atoms with E-state index in [0.717, 1.165) is 5.56 Å². The van der Waals surface area contributed by atoms with Gasteiger partial charge in [-0.1, -0.05) is 109 Å². The van der Waals surface area contributed by atoms with Gasteiger partial charge in [0.25, 0.3) is 0 Å². The number of aliphatic hydroxyl groups excluding tert-OH is 1. The molecule has 6 rings (SSSR count). The van der Waals surface area contributed by atoms with Crippen molar-refractivity contribution in [3.05, 3.63) is 161 Å². The molecule has 1 fully saturated rings. The molecule has 4 aromatic rings. The van der Waals surface area contributed by atoms with E-state index >= 15 is 0 Å². The van der Waals surface area contributed by atoms with Gasteiger partial charge in [-0.05, 0) is 29.3 Å². The van der Waals surface area contributed by atoms with Crippen molar-refractivity contribution in [3.63, 3.8) is 0 Å². The zero-order chi connectivity index (χ0) is 39.0. The van der Waals surface area contributed by atoms with Crippen LogP contribution in [0.1, 0.15) is 39.0 Å². The van der Waals surface area contributed by atoms with Crippen LogP contribution in [0.2, 0.25) is 0 Å². The number of carbonyl (C=O) groups is 4. The van der Waals surface area contributed by atoms with Crippen LogP contribution in [0.5, 0.6) is 0 Å². The highest BCUT2D eigenvalue weighted by Gasteiger charge is 2.55. The van der Waals surface area contributed by atoms with Crippen molar-refractivity contribution in [2.24, 2.45) is 0 Å². The zero-order valence-corrected chi connectivity index (χ0v) is 31.0. The number of hydrogen-bond acceptors (Lipinski definition) is 8. The molecule has 0 radical (unpaired) electrons. The van der Waals surface area contributed by atoms with Gasteiger partial charge in [0.2, 0.25) is 23.5 Å². The SMILES string of the molecule is CN(C)C(=O)C=Cc1ccccc1C(=O)O[C@@H]1CC(C(=O)N(C)[C@H](Cc2ccccc2)C(=O)NCCO)=C[C@H]2OC(c3ccccc3)(c3ccccc3)O[C@H]21. The van der Waals surface area contributed by atoms with Crippen LogP contribution in [-0.2, 0) is 40.8 Å². The molecule has 3 amide bonds. The zero-order valence-electron chi connectivity index (χ0n) is 31.0. The fourth-order valence-corrected chi connectivity index (χ4v) is 6.83. The summed E-state index contributed by atoms with van der Waals surface area (Å²) in [5, 5.41) is 12.1. The second-order valence-corrected chi connectivity index (χ2v) is 13.6. The molecule has 0 unspecified atom stereocenters. The highest BCUT2D eigenvalue weighted by atomic mass is 16.8. The maximum Gasteiger partial charge on any atom is 0.339 e. The summed E-state index contributed by atoms with van der Waals surface area (Å²) in [6.07, 6.45) is 2.15. The van der Waals surface area contributed by atoms with Crippen molar-refractivity contribution in [3.8, 4) is 0 Å². The number of likely N-dealkylation sites (N-methyl/N-ethyl adjacent to an activating group) is 2. The largest absolute Gasteiger partial charge is 0.456 e. The molecule has 1 heterocycles. The normalized spacial score (nSPS) is 19.1. The van der Waals surface area contributed by atoms with Gasteiger partial charge in [0.15, 0.2) is 0 Å². The number of nitrogens with one attached hydrogen (secondary N) is 1. The number of ether oxygens (including phenoxy) is 3. The molecule has 11 heteroatoms. The molecule has 0 bridgehead atoms. The van der Waals surface area contributed by atoms with Gasteiger partial charge >= 0.3 is 5.97 Å². The fourth-order valence-electron chi connectivity index (χ4n) is 6.83. The van der Waals surface area contributed by atoms with Crippen molar-refractivity contribution < 1.29 is 38.5 Å². The van der Waals surface area contributed by atoms with Crippen molar-refractivity contribution in [2.75, 3.05) is 34.3 Å². The van der Waals surface area contributed by atoms with E-state index in [1.54, 1.807) is 57.6 Å². The predicted molar refractivity (Wildman–Crippen MR) is 206 cm³/mol. The first-order valence-corrected chi connectivity index (χ1v) is 18.2. The van der Waals surface area contributed by atoms with Gasteiger partial charge in [0, 0.05) is 63.3 Å². The Morgan fingerprint density at radius 3 is 2.07 bits per heavy atom. The Hall–Kier alpha value is -5.88. The minimum absolute atomic E-state index is 0.0306. The van der Waals surface area contributed by atoms with Gasteiger partial charge in [-0.15, -0.1) is 0 Å². The second-order valence-electron chi connectivity index (χ2n) is 13.6. The van der Waals surface area contributed by atoms with E-state index < -0.39 is 47.9 Å². The molecular formula is C44H45N3O8. The highest BCUT2D eigenvalue weighted by Crippen LogP contribution is 2.47. The molecule has 4 aromatic carbocycles. The van der Waals surface area contributed by atoms with Crippen LogP contribution in [-0.4, -0.2) is 97.2 Å². The first-order valence-electron chi connectivity index (χ1n) is 18.2. The van der Waals surface area contributed by atoms with Gasteiger partial charge in [0.05, 0.1) is 12.2 Å². The smallest absolute Gasteiger partial charge is 0.339 e. The lowest BCUT2D eigenvalue weighted by Crippen LogP contribution is -2.51. The first kappa shape index (κ1) is 38.8. The first-order chi connectivity index (χ1) is 26.6. The molecule has 2 aliphatic rings. The summed E-state index contributed by atoms with van der Waals surface area (Å²) < 4.78 is 20.0. The van der Waals surface area contributed by atoms with Gasteiger partial charge in [0.1, 0.15) is 24.4 Å². The topological polar surface area (TPSA) is 135 Å². The van der Waals surface area contributed by atoms with Crippen molar-refractivity contribution in [1.82, 2.24) is 15.1 Å². The van der Waals surface area contributed by atoms with Crippen molar-refractivity contribution in [1.29, 1.82) is 0 Å². The quantitative estimate of drug-likeness (QED) is 0.151. The second kappa shape index (κ2) is 17.5. The lowest BCUT2D eigenvalue weighted by atomic mass is 9.90. The lowest BCUT2D eigenvalue weighted by molar-refractivity contribution is -0.157. The van der Waals surface area contributed by atoms with Gasteiger partial charge in [-0.2, -0.15) is 0 Å². The molecule has 2 N–H and O–H groups in total. The molecule has 1 aliphatic heterocycles. The van der Waals surface area contributed by atoms with E-state index in [-0.39, 0.29) is 43.0 Å². The molecular weight excluding hydrogens is 698 g/mol. The number of nitrogens with zero attached hydrogens (tertiary/aromatic N) is 2. The van der Waals surface area contributed by atoms with E-state index in [0.29, 0.717) is 16.7 Å². The van der Waals surface area contributed by atoms with Crippen molar-refractivity contribution in [2.45, 2.75) is 43.0 Å². The van der Waals surface area contributed by atoms with E-state index in [1.807, 2.05) is 91.0 Å². The molecule has 11 nitrogen and oxygen atoms in total. The van der Waals surface area contributed by atoms with Crippen LogP contribution in [0, 0.1) is 0 Å². The number of esters is 1. The summed E-state index contributed by atoms with van der Waals surface area (Å²) in [4.78, 5) is 57.2. The number of rotatable bonds is 13. The summed E-state index contributed by atoms with van der Waals surface area (Å²) in [7, 11) is 4.83. The summed E-state index contributed by atoms with van der Waals surface area (Å²) in [5.41, 5.74) is 3.25. The van der Waals surface area contributed by atoms with Gasteiger partial charge < -0.3 is 34.4 Å². The minimum Gasteiger partial charge on any atom is -0.456 e. The maximum atomic E-state index is 14.5. The van der Waals surface area contributed by atoms with E-state index in [4.69, 9.17) is 14.2 Å². The van der Waals surface area contributed by atoms with Crippen molar-refractivity contribution >= 4 is 29.8 Å². The average molecular weight is 744 g/mol. The standard InChI is InChI=1S/C44H45N3O8/c1-46(2)39(49)24-23-31-17-13-14-22-35(31)43(52)53-37-28-32(42(51)47(3)36(41(50)45-25-26-48)27-30-15-7-4-8-16-30)29-38-40(37)55-44(54-38,33-18-9-5-10-19-33)34-20-11-6-12-21-34/h4-24,29,36-38,40,48H,25-28H2,1-3H3,(H,45,50)/t36-,37-,38-,40+/m1/s1. The Morgan fingerprint density at radius 2 is 1.45 bits per heavy atom. The van der Waals surface area contributed by atoms with E-state index in [1.165, 1.54) is 15.9 Å². The van der Waals surface area contributed by atoms with Gasteiger partial charge in [-0.3, -0.25) is 14.4 Å². The van der Waals surface area contributed by atoms with Crippen LogP contribution in [0.15, 0.2) is 133 Å². The maximum absolute atomic E-state index is 14.5. The summed E-state index contributed by atoms with van der Waals surface area (Å²) in [5.74, 6) is -3.20.